The van der Waals surface area contributed by atoms with E-state index >= 15 is 0 Å². The van der Waals surface area contributed by atoms with E-state index in [-0.39, 0.29) is 11.5 Å². The average molecular weight is 252 g/mol. The van der Waals surface area contributed by atoms with Gasteiger partial charge in [-0.25, -0.2) is 4.39 Å². The van der Waals surface area contributed by atoms with Crippen LogP contribution >= 0.6 is 0 Å². The summed E-state index contributed by atoms with van der Waals surface area (Å²) in [4.78, 5) is 24.9. The number of nitrogens with one attached hydrogen (secondary N) is 1. The van der Waals surface area contributed by atoms with Crippen LogP contribution in [-0.4, -0.2) is 41.5 Å². The van der Waals surface area contributed by atoms with Gasteiger partial charge in [0.15, 0.2) is 0 Å². The van der Waals surface area contributed by atoms with Gasteiger partial charge in [-0.3, -0.25) is 9.59 Å². The highest BCUT2D eigenvalue weighted by atomic mass is 19.1. The van der Waals surface area contributed by atoms with Crippen LogP contribution in [0.2, 0.25) is 0 Å². The highest BCUT2D eigenvalue weighted by molar-refractivity contribution is 5.99. The lowest BCUT2D eigenvalue weighted by Crippen LogP contribution is -2.40. The van der Waals surface area contributed by atoms with Crippen LogP contribution < -0.4 is 5.32 Å². The second-order valence-electron chi connectivity index (χ2n) is 4.24. The smallest absolute Gasteiger partial charge is 0.255 e. The van der Waals surface area contributed by atoms with Crippen LogP contribution in [0.1, 0.15) is 16.8 Å². The third-order valence-corrected chi connectivity index (χ3v) is 2.94. The van der Waals surface area contributed by atoms with Crippen molar-refractivity contribution < 1.29 is 19.1 Å². The molecule has 1 aliphatic heterocycles. The fraction of sp³-hybridized carbons (Fsp3) is 0.333. The number of halogens is 1. The van der Waals surface area contributed by atoms with Gasteiger partial charge in [0.1, 0.15) is 17.6 Å². The molecule has 1 heterocycles. The van der Waals surface area contributed by atoms with Crippen molar-refractivity contribution in [3.8, 4) is 5.75 Å². The Kier molecular flexibility index (Phi) is 3.18. The minimum atomic E-state index is -0.624. The van der Waals surface area contributed by atoms with Crippen molar-refractivity contribution in [2.24, 2.45) is 0 Å². The second-order valence-corrected chi connectivity index (χ2v) is 4.24. The van der Waals surface area contributed by atoms with Crippen LogP contribution in [0.3, 0.4) is 0 Å². The Labute approximate surface area is 103 Å². The SMILES string of the molecule is CN1CCC(NC(=O)c2ccc(F)cc2O)C1=O. The van der Waals surface area contributed by atoms with Gasteiger partial charge in [0.05, 0.1) is 5.56 Å². The van der Waals surface area contributed by atoms with E-state index in [2.05, 4.69) is 5.32 Å². The topological polar surface area (TPSA) is 69.6 Å². The fourth-order valence-corrected chi connectivity index (χ4v) is 1.89. The van der Waals surface area contributed by atoms with E-state index in [0.717, 1.165) is 12.1 Å². The molecule has 0 saturated carbocycles. The molecular formula is C12H13FN2O3. The zero-order valence-electron chi connectivity index (χ0n) is 9.81. The third-order valence-electron chi connectivity index (χ3n) is 2.94. The van der Waals surface area contributed by atoms with Gasteiger partial charge >= 0.3 is 0 Å². The summed E-state index contributed by atoms with van der Waals surface area (Å²) >= 11 is 0. The number of nitrogens with zero attached hydrogens (tertiary/aromatic N) is 1. The highest BCUT2D eigenvalue weighted by Gasteiger charge is 2.30. The van der Waals surface area contributed by atoms with Crippen LogP contribution in [0.25, 0.3) is 0 Å². The number of carbonyl (C=O) groups is 2. The molecule has 1 aromatic rings. The molecular weight excluding hydrogens is 239 g/mol. The number of likely N-dealkylation sites (N-methyl/N-ethyl adjacent to an activating group) is 1. The van der Waals surface area contributed by atoms with Crippen LogP contribution in [0, 0.1) is 5.82 Å². The van der Waals surface area contributed by atoms with Crippen molar-refractivity contribution in [2.75, 3.05) is 13.6 Å². The van der Waals surface area contributed by atoms with Gasteiger partial charge in [-0.15, -0.1) is 0 Å². The summed E-state index contributed by atoms with van der Waals surface area (Å²) < 4.78 is 12.8. The molecule has 0 bridgehead atoms. The Morgan fingerprint density at radius 2 is 2.28 bits per heavy atom. The Hall–Kier alpha value is -2.11. The fourth-order valence-electron chi connectivity index (χ4n) is 1.89. The van der Waals surface area contributed by atoms with E-state index in [4.69, 9.17) is 0 Å². The molecule has 2 rings (SSSR count). The minimum absolute atomic E-state index is 0.0428. The van der Waals surface area contributed by atoms with Crippen molar-refractivity contribution in [3.63, 3.8) is 0 Å². The number of benzene rings is 1. The maximum absolute atomic E-state index is 12.8. The molecule has 96 valence electrons. The molecule has 2 N–H and O–H groups in total. The molecule has 6 heteroatoms. The van der Waals surface area contributed by atoms with Gasteiger partial charge in [-0.2, -0.15) is 0 Å². The number of amides is 2. The number of aromatic hydroxyl groups is 1. The van der Waals surface area contributed by atoms with Gasteiger partial charge in [0.25, 0.3) is 5.91 Å². The Morgan fingerprint density at radius 3 is 2.83 bits per heavy atom. The summed E-state index contributed by atoms with van der Waals surface area (Å²) in [5, 5.41) is 12.0. The summed E-state index contributed by atoms with van der Waals surface area (Å²) in [7, 11) is 1.66. The number of likely N-dealkylation sites (tertiary alicyclic amines) is 1. The number of phenolic OH excluding ortho intramolecular Hbond substituents is 1. The molecule has 5 nitrogen and oxygen atoms in total. The first kappa shape index (κ1) is 12.3. The zero-order valence-corrected chi connectivity index (χ0v) is 9.81. The lowest BCUT2D eigenvalue weighted by atomic mass is 10.1. The van der Waals surface area contributed by atoms with E-state index in [1.165, 1.54) is 11.0 Å². The number of hydrogen-bond acceptors (Lipinski definition) is 3. The van der Waals surface area contributed by atoms with Crippen molar-refractivity contribution in [1.82, 2.24) is 10.2 Å². The van der Waals surface area contributed by atoms with Crippen molar-refractivity contribution >= 4 is 11.8 Å². The van der Waals surface area contributed by atoms with E-state index < -0.39 is 23.5 Å². The normalized spacial score (nSPS) is 19.1. The largest absolute Gasteiger partial charge is 0.507 e. The van der Waals surface area contributed by atoms with Gasteiger partial charge in [-0.1, -0.05) is 0 Å². The van der Waals surface area contributed by atoms with E-state index in [1.54, 1.807) is 7.05 Å². The number of rotatable bonds is 2. The van der Waals surface area contributed by atoms with Crippen molar-refractivity contribution in [3.05, 3.63) is 29.6 Å². The Bertz CT molecular complexity index is 504. The standard InChI is InChI=1S/C12H13FN2O3/c1-15-5-4-9(12(15)18)14-11(17)8-3-2-7(13)6-10(8)16/h2-3,6,9,16H,4-5H2,1H3,(H,14,17). The van der Waals surface area contributed by atoms with E-state index in [9.17, 15) is 19.1 Å². The van der Waals surface area contributed by atoms with Crippen LogP contribution in [0.4, 0.5) is 4.39 Å². The minimum Gasteiger partial charge on any atom is -0.507 e. The molecule has 1 atom stereocenters. The predicted molar refractivity (Wildman–Crippen MR) is 61.6 cm³/mol. The Balaban J connectivity index is 2.11. The molecule has 2 amide bonds. The lowest BCUT2D eigenvalue weighted by molar-refractivity contribution is -0.128. The second kappa shape index (κ2) is 4.64. The molecule has 1 saturated heterocycles. The summed E-state index contributed by atoms with van der Waals surface area (Å²) in [6.45, 7) is 0.583. The van der Waals surface area contributed by atoms with Crippen LogP contribution in [0.5, 0.6) is 5.75 Å². The molecule has 1 aliphatic rings. The summed E-state index contributed by atoms with van der Waals surface area (Å²) in [6.07, 6.45) is 0.531. The molecule has 0 radical (unpaired) electrons. The van der Waals surface area contributed by atoms with E-state index in [0.29, 0.717) is 13.0 Å². The average Bonchev–Trinajstić information content (AvgIpc) is 2.61. The van der Waals surface area contributed by atoms with Crippen LogP contribution in [0.15, 0.2) is 18.2 Å². The first-order chi connectivity index (χ1) is 8.49. The molecule has 18 heavy (non-hydrogen) atoms. The van der Waals surface area contributed by atoms with Gasteiger partial charge in [0.2, 0.25) is 5.91 Å². The molecule has 0 aromatic heterocycles. The highest BCUT2D eigenvalue weighted by Crippen LogP contribution is 2.18. The molecule has 0 aliphatic carbocycles. The first-order valence-corrected chi connectivity index (χ1v) is 5.53. The summed E-state index contributed by atoms with van der Waals surface area (Å²) in [6, 6.07) is 2.55. The van der Waals surface area contributed by atoms with Gasteiger partial charge < -0.3 is 15.3 Å². The van der Waals surface area contributed by atoms with E-state index in [1.807, 2.05) is 0 Å². The Morgan fingerprint density at radius 1 is 1.56 bits per heavy atom. The number of carbonyl (C=O) groups excluding carboxylic acids is 2. The maximum atomic E-state index is 12.8. The molecule has 1 fully saturated rings. The summed E-state index contributed by atoms with van der Waals surface area (Å²) in [5.74, 6) is -1.81. The number of hydrogen-bond donors (Lipinski definition) is 2. The zero-order chi connectivity index (χ0) is 13.3. The van der Waals surface area contributed by atoms with Crippen LogP contribution in [-0.2, 0) is 4.79 Å². The van der Waals surface area contributed by atoms with Gasteiger partial charge in [0, 0.05) is 19.7 Å². The molecule has 1 aromatic carbocycles. The third kappa shape index (κ3) is 2.27. The van der Waals surface area contributed by atoms with Crippen molar-refractivity contribution in [2.45, 2.75) is 12.5 Å². The molecule has 0 spiro atoms. The lowest BCUT2D eigenvalue weighted by Gasteiger charge is -2.12. The van der Waals surface area contributed by atoms with Gasteiger partial charge in [-0.05, 0) is 18.6 Å². The predicted octanol–water partition coefficient (Wildman–Crippen LogP) is 0.492. The summed E-state index contributed by atoms with van der Waals surface area (Å²) in [5.41, 5.74) is -0.0428. The monoisotopic (exact) mass is 252 g/mol. The van der Waals surface area contributed by atoms with Crippen molar-refractivity contribution in [1.29, 1.82) is 0 Å². The number of phenols is 1. The maximum Gasteiger partial charge on any atom is 0.255 e. The quantitative estimate of drug-likeness (QED) is 0.805. The molecule has 1 unspecified atom stereocenters. The first-order valence-electron chi connectivity index (χ1n) is 5.53.